The van der Waals surface area contributed by atoms with E-state index < -0.39 is 22.1 Å². The summed E-state index contributed by atoms with van der Waals surface area (Å²) >= 11 is 6.01. The Morgan fingerprint density at radius 2 is 1.55 bits per heavy atom. The molecule has 1 fully saturated rings. The lowest BCUT2D eigenvalue weighted by Crippen LogP contribution is -2.42. The van der Waals surface area contributed by atoms with Gasteiger partial charge >= 0.3 is 5.97 Å². The summed E-state index contributed by atoms with van der Waals surface area (Å²) in [6.07, 6.45) is -0.0278. The number of aryl methyl sites for hydroxylation is 1. The number of piperidine rings is 1. The number of hydrogen-bond acceptors (Lipinski definition) is 5. The fourth-order valence-electron chi connectivity index (χ4n) is 5.21. The van der Waals surface area contributed by atoms with Crippen molar-refractivity contribution in [2.24, 2.45) is 11.8 Å². The molecule has 38 heavy (non-hydrogen) atoms. The monoisotopic (exact) mass is 556 g/mol. The molecule has 2 heterocycles. The second kappa shape index (κ2) is 11.0. The van der Waals surface area contributed by atoms with E-state index in [0.29, 0.717) is 23.7 Å². The van der Waals surface area contributed by atoms with E-state index in [4.69, 9.17) is 16.3 Å². The van der Waals surface area contributed by atoms with E-state index in [1.807, 2.05) is 30.5 Å². The minimum atomic E-state index is -3.66. The fraction of sp³-hybridized carbons (Fsp3) is 0.379. The van der Waals surface area contributed by atoms with Crippen LogP contribution < -0.4 is 0 Å². The number of hydrogen-bond donors (Lipinski definition) is 0. The van der Waals surface area contributed by atoms with Crippen LogP contribution in [0.4, 0.5) is 0 Å². The van der Waals surface area contributed by atoms with Crippen LogP contribution in [0.3, 0.4) is 0 Å². The van der Waals surface area contributed by atoms with Crippen molar-refractivity contribution in [2.75, 3.05) is 13.1 Å². The summed E-state index contributed by atoms with van der Waals surface area (Å²) in [4.78, 5) is 26.1. The van der Waals surface area contributed by atoms with Gasteiger partial charge in [0.05, 0.1) is 10.5 Å². The molecule has 0 aliphatic carbocycles. The largest absolute Gasteiger partial charge is 0.451 e. The molecule has 0 saturated carbocycles. The molecule has 3 aromatic rings. The van der Waals surface area contributed by atoms with Crippen LogP contribution in [0.15, 0.2) is 59.5 Å². The highest BCUT2D eigenvalue weighted by Gasteiger charge is 2.32. The molecule has 1 aromatic heterocycles. The van der Waals surface area contributed by atoms with Crippen molar-refractivity contribution in [3.05, 3.63) is 82.1 Å². The molecule has 1 aliphatic heterocycles. The van der Waals surface area contributed by atoms with Gasteiger partial charge < -0.3 is 9.30 Å². The highest BCUT2D eigenvalue weighted by molar-refractivity contribution is 7.89. The van der Waals surface area contributed by atoms with Crippen molar-refractivity contribution in [3.63, 3.8) is 0 Å². The SMILES string of the molecule is Cc1cc(C(=O)[C@H](C)OC(=O)c2ccc(S(=O)(=O)N3C[C@@H](C)C[C@H](C)C3)cc2)c(C)n1-c1ccc(Cl)cc1. The molecule has 1 saturated heterocycles. The van der Waals surface area contributed by atoms with Crippen LogP contribution >= 0.6 is 11.6 Å². The van der Waals surface area contributed by atoms with Gasteiger partial charge in [-0.2, -0.15) is 4.31 Å². The number of esters is 1. The smallest absolute Gasteiger partial charge is 0.338 e. The minimum Gasteiger partial charge on any atom is -0.451 e. The van der Waals surface area contributed by atoms with Crippen LogP contribution in [0.25, 0.3) is 5.69 Å². The lowest BCUT2D eigenvalue weighted by molar-refractivity contribution is 0.0318. The third-order valence-electron chi connectivity index (χ3n) is 7.00. The highest BCUT2D eigenvalue weighted by Crippen LogP contribution is 2.27. The maximum atomic E-state index is 13.2. The number of Topliss-reactive ketones (excluding diaryl/α,β-unsaturated/α-hetero) is 1. The Morgan fingerprint density at radius 1 is 0.974 bits per heavy atom. The molecule has 202 valence electrons. The second-order valence-electron chi connectivity index (χ2n) is 10.3. The molecule has 0 bridgehead atoms. The first-order valence-electron chi connectivity index (χ1n) is 12.7. The molecule has 1 aliphatic rings. The Labute approximate surface area is 229 Å². The van der Waals surface area contributed by atoms with Gasteiger partial charge in [0.15, 0.2) is 6.10 Å². The van der Waals surface area contributed by atoms with Gasteiger partial charge in [0.1, 0.15) is 0 Å². The quantitative estimate of drug-likeness (QED) is 0.269. The number of carbonyl (C=O) groups is 2. The van der Waals surface area contributed by atoms with Crippen LogP contribution in [0.1, 0.15) is 59.3 Å². The summed E-state index contributed by atoms with van der Waals surface area (Å²) in [5, 5.41) is 0.620. The molecule has 9 heteroatoms. The minimum absolute atomic E-state index is 0.133. The van der Waals surface area contributed by atoms with Crippen molar-refractivity contribution < 1.29 is 22.7 Å². The third kappa shape index (κ3) is 5.72. The first-order valence-corrected chi connectivity index (χ1v) is 14.5. The molecular weight excluding hydrogens is 524 g/mol. The molecule has 0 spiro atoms. The van der Waals surface area contributed by atoms with Gasteiger partial charge in [-0.25, -0.2) is 13.2 Å². The average molecular weight is 557 g/mol. The van der Waals surface area contributed by atoms with E-state index in [1.165, 1.54) is 35.5 Å². The average Bonchev–Trinajstić information content (AvgIpc) is 3.17. The number of ether oxygens (including phenoxy) is 1. The summed E-state index contributed by atoms with van der Waals surface area (Å²) in [7, 11) is -3.66. The van der Waals surface area contributed by atoms with E-state index in [9.17, 15) is 18.0 Å². The predicted octanol–water partition coefficient (Wildman–Crippen LogP) is 5.84. The molecule has 0 amide bonds. The van der Waals surface area contributed by atoms with Crippen LogP contribution in [0, 0.1) is 25.7 Å². The molecule has 0 radical (unpaired) electrons. The Kier molecular flexibility index (Phi) is 8.16. The zero-order valence-electron chi connectivity index (χ0n) is 22.3. The van der Waals surface area contributed by atoms with E-state index in [-0.39, 0.29) is 28.1 Å². The van der Waals surface area contributed by atoms with Crippen LogP contribution in [-0.4, -0.2) is 48.2 Å². The number of rotatable bonds is 7. The Hall–Kier alpha value is -2.94. The first-order chi connectivity index (χ1) is 17.9. The van der Waals surface area contributed by atoms with Crippen molar-refractivity contribution in [1.29, 1.82) is 0 Å². The van der Waals surface area contributed by atoms with Crippen molar-refractivity contribution in [2.45, 2.75) is 52.0 Å². The molecule has 0 unspecified atom stereocenters. The standard InChI is InChI=1S/C29H33ClN2O5S/c1-18-14-19(2)17-31(16-18)38(35,36)26-12-6-23(7-13-26)29(34)37-22(5)28(33)27-15-20(3)32(21(27)4)25-10-8-24(30)9-11-25/h6-13,15,18-19,22H,14,16-17H2,1-5H3/t18-,19-,22-/m0/s1. The molecule has 0 N–H and O–H groups in total. The second-order valence-corrected chi connectivity index (χ2v) is 12.7. The van der Waals surface area contributed by atoms with Gasteiger partial charge in [-0.1, -0.05) is 25.4 Å². The van der Waals surface area contributed by atoms with Gasteiger partial charge in [-0.05, 0) is 93.6 Å². The maximum Gasteiger partial charge on any atom is 0.338 e. The van der Waals surface area contributed by atoms with Gasteiger partial charge in [0, 0.05) is 40.8 Å². The molecular formula is C29H33ClN2O5S. The maximum absolute atomic E-state index is 13.2. The summed E-state index contributed by atoms with van der Waals surface area (Å²) < 4.78 is 35.2. The van der Waals surface area contributed by atoms with Crippen LogP contribution in [0.5, 0.6) is 0 Å². The van der Waals surface area contributed by atoms with Crippen LogP contribution in [0.2, 0.25) is 5.02 Å². The van der Waals surface area contributed by atoms with Crippen molar-refractivity contribution in [3.8, 4) is 5.69 Å². The Balaban J connectivity index is 1.46. The number of aromatic nitrogens is 1. The molecule has 7 nitrogen and oxygen atoms in total. The van der Waals surface area contributed by atoms with Gasteiger partial charge in [0.2, 0.25) is 15.8 Å². The lowest BCUT2D eigenvalue weighted by atomic mass is 9.94. The Bertz CT molecular complexity index is 1440. The number of benzene rings is 2. The van der Waals surface area contributed by atoms with Crippen molar-refractivity contribution >= 4 is 33.4 Å². The number of sulfonamides is 1. The predicted molar refractivity (Wildman–Crippen MR) is 148 cm³/mol. The summed E-state index contributed by atoms with van der Waals surface area (Å²) in [6, 6.07) is 14.8. The molecule has 2 aromatic carbocycles. The Morgan fingerprint density at radius 3 is 2.13 bits per heavy atom. The summed E-state index contributed by atoms with van der Waals surface area (Å²) in [6.45, 7) is 10.3. The fourth-order valence-corrected chi connectivity index (χ4v) is 7.02. The van der Waals surface area contributed by atoms with Crippen LogP contribution in [-0.2, 0) is 14.8 Å². The van der Waals surface area contributed by atoms with Gasteiger partial charge in [-0.3, -0.25) is 4.79 Å². The van der Waals surface area contributed by atoms with E-state index in [2.05, 4.69) is 13.8 Å². The number of carbonyl (C=O) groups excluding carboxylic acids is 2. The first kappa shape index (κ1) is 28.1. The number of halogens is 1. The third-order valence-corrected chi connectivity index (χ3v) is 9.10. The topological polar surface area (TPSA) is 85.7 Å². The lowest BCUT2D eigenvalue weighted by Gasteiger charge is -2.34. The molecule has 3 atom stereocenters. The van der Waals surface area contributed by atoms with Gasteiger partial charge in [0.25, 0.3) is 0 Å². The zero-order chi connectivity index (χ0) is 27.8. The summed E-state index contributed by atoms with van der Waals surface area (Å²) in [5.41, 5.74) is 3.10. The van der Waals surface area contributed by atoms with E-state index >= 15 is 0 Å². The number of nitrogens with zero attached hydrogens (tertiary/aromatic N) is 2. The normalized spacial score (nSPS) is 19.2. The number of ketones is 1. The zero-order valence-corrected chi connectivity index (χ0v) is 23.8. The summed E-state index contributed by atoms with van der Waals surface area (Å²) in [5.74, 6) is -0.435. The molecule has 4 rings (SSSR count). The highest BCUT2D eigenvalue weighted by atomic mass is 35.5. The van der Waals surface area contributed by atoms with Crippen molar-refractivity contribution in [1.82, 2.24) is 8.87 Å². The van der Waals surface area contributed by atoms with Gasteiger partial charge in [-0.15, -0.1) is 0 Å². The van der Waals surface area contributed by atoms with E-state index in [0.717, 1.165) is 23.5 Å². The van der Waals surface area contributed by atoms with E-state index in [1.54, 1.807) is 18.2 Å².